The van der Waals surface area contributed by atoms with Crippen LogP contribution in [0.4, 0.5) is 5.69 Å². The third kappa shape index (κ3) is 4.06. The second-order valence-corrected chi connectivity index (χ2v) is 6.36. The first-order valence-electron chi connectivity index (χ1n) is 8.01. The van der Waals surface area contributed by atoms with Crippen LogP contribution in [-0.4, -0.2) is 34.1 Å². The molecule has 1 saturated heterocycles. The average molecular weight is 293 g/mol. The van der Waals surface area contributed by atoms with Crippen LogP contribution in [0.2, 0.25) is 0 Å². The van der Waals surface area contributed by atoms with E-state index in [-0.39, 0.29) is 18.0 Å². The number of piperidine rings is 1. The van der Waals surface area contributed by atoms with E-state index in [1.807, 2.05) is 13.8 Å². The van der Waals surface area contributed by atoms with Gasteiger partial charge in [-0.3, -0.25) is 4.79 Å². The number of aliphatic hydroxyl groups is 1. The van der Waals surface area contributed by atoms with Crippen molar-refractivity contribution in [1.82, 2.24) is 9.78 Å². The fourth-order valence-corrected chi connectivity index (χ4v) is 2.63. The first-order valence-corrected chi connectivity index (χ1v) is 8.01. The van der Waals surface area contributed by atoms with Crippen LogP contribution in [-0.2, 0) is 6.54 Å². The maximum atomic E-state index is 12.2. The van der Waals surface area contributed by atoms with Crippen molar-refractivity contribution in [3.63, 3.8) is 0 Å². The molecule has 1 aromatic heterocycles. The van der Waals surface area contributed by atoms with E-state index < -0.39 is 6.10 Å². The minimum absolute atomic E-state index is 0.131. The summed E-state index contributed by atoms with van der Waals surface area (Å²) in [5, 5.41) is 14.3. The van der Waals surface area contributed by atoms with E-state index >= 15 is 0 Å². The summed E-state index contributed by atoms with van der Waals surface area (Å²) < 4.78 is 1.37. The Morgan fingerprint density at radius 1 is 1.43 bits per heavy atom. The fourth-order valence-electron chi connectivity index (χ4n) is 2.63. The highest BCUT2D eigenvalue weighted by molar-refractivity contribution is 5.43. The molecule has 5 nitrogen and oxygen atoms in total. The van der Waals surface area contributed by atoms with E-state index in [1.165, 1.54) is 4.68 Å². The normalized spacial score (nSPS) is 19.5. The summed E-state index contributed by atoms with van der Waals surface area (Å²) in [7, 11) is 0. The van der Waals surface area contributed by atoms with E-state index in [4.69, 9.17) is 0 Å². The number of hydrogen-bond donors (Lipinski definition) is 1. The molecule has 1 aliphatic heterocycles. The van der Waals surface area contributed by atoms with Crippen LogP contribution >= 0.6 is 0 Å². The molecule has 1 aromatic rings. The van der Waals surface area contributed by atoms with E-state index in [0.29, 0.717) is 0 Å². The molecule has 0 spiro atoms. The Labute approximate surface area is 126 Å². The summed E-state index contributed by atoms with van der Waals surface area (Å²) in [6, 6.07) is 1.65. The van der Waals surface area contributed by atoms with Gasteiger partial charge in [-0.25, -0.2) is 4.68 Å². The van der Waals surface area contributed by atoms with Crippen LogP contribution in [0.15, 0.2) is 17.1 Å². The van der Waals surface area contributed by atoms with Crippen LogP contribution in [0.1, 0.15) is 40.0 Å². The van der Waals surface area contributed by atoms with E-state index in [1.54, 1.807) is 12.3 Å². The molecule has 1 aliphatic rings. The number of aliphatic hydroxyl groups excluding tert-OH is 1. The van der Waals surface area contributed by atoms with Crippen molar-refractivity contribution >= 4 is 5.69 Å². The quantitative estimate of drug-likeness (QED) is 0.900. The van der Waals surface area contributed by atoms with Gasteiger partial charge in [0.2, 0.25) is 0 Å². The molecule has 21 heavy (non-hydrogen) atoms. The highest BCUT2D eigenvalue weighted by Crippen LogP contribution is 2.21. The molecule has 2 rings (SSSR count). The minimum Gasteiger partial charge on any atom is -0.391 e. The van der Waals surface area contributed by atoms with Crippen LogP contribution in [0.3, 0.4) is 0 Å². The highest BCUT2D eigenvalue weighted by Gasteiger charge is 2.18. The van der Waals surface area contributed by atoms with Gasteiger partial charge in [-0.2, -0.15) is 5.10 Å². The number of rotatable bonds is 5. The SMILES string of the molecule is CCC(C)C(O)Cn1ncc(N2CCC(C)CC2)cc1=O. The zero-order chi connectivity index (χ0) is 15.4. The molecule has 0 radical (unpaired) electrons. The molecule has 0 saturated carbocycles. The van der Waals surface area contributed by atoms with Crippen molar-refractivity contribution in [3.8, 4) is 0 Å². The number of aromatic nitrogens is 2. The first-order chi connectivity index (χ1) is 10.0. The molecular formula is C16H27N3O2. The molecule has 0 bridgehead atoms. The summed E-state index contributed by atoms with van der Waals surface area (Å²) >= 11 is 0. The topological polar surface area (TPSA) is 58.4 Å². The molecule has 2 heterocycles. The number of hydrogen-bond acceptors (Lipinski definition) is 4. The van der Waals surface area contributed by atoms with Gasteiger partial charge in [0, 0.05) is 19.2 Å². The van der Waals surface area contributed by atoms with Crippen LogP contribution in [0.25, 0.3) is 0 Å². The van der Waals surface area contributed by atoms with Crippen LogP contribution in [0, 0.1) is 11.8 Å². The lowest BCUT2D eigenvalue weighted by Gasteiger charge is -2.31. The maximum absolute atomic E-state index is 12.2. The lowest BCUT2D eigenvalue weighted by atomic mass is 9.99. The molecule has 0 aromatic carbocycles. The van der Waals surface area contributed by atoms with Gasteiger partial charge in [-0.05, 0) is 24.7 Å². The van der Waals surface area contributed by atoms with Crippen molar-refractivity contribution < 1.29 is 5.11 Å². The Morgan fingerprint density at radius 3 is 2.67 bits per heavy atom. The van der Waals surface area contributed by atoms with Gasteiger partial charge >= 0.3 is 0 Å². The molecule has 1 N–H and O–H groups in total. The Balaban J connectivity index is 2.05. The van der Waals surface area contributed by atoms with Gasteiger partial charge in [0.1, 0.15) is 0 Å². The zero-order valence-electron chi connectivity index (χ0n) is 13.3. The molecular weight excluding hydrogens is 266 g/mol. The summed E-state index contributed by atoms with van der Waals surface area (Å²) in [5.74, 6) is 0.933. The Bertz CT molecular complexity index is 506. The molecule has 2 unspecified atom stereocenters. The van der Waals surface area contributed by atoms with Gasteiger partial charge in [0.25, 0.3) is 5.56 Å². The maximum Gasteiger partial charge on any atom is 0.268 e. The third-order valence-electron chi connectivity index (χ3n) is 4.66. The number of nitrogens with zero attached hydrogens (tertiary/aromatic N) is 3. The zero-order valence-corrected chi connectivity index (χ0v) is 13.3. The van der Waals surface area contributed by atoms with Gasteiger partial charge in [0.05, 0.1) is 24.5 Å². The van der Waals surface area contributed by atoms with E-state index in [9.17, 15) is 9.90 Å². The number of anilines is 1. The van der Waals surface area contributed by atoms with Crippen molar-refractivity contribution in [2.24, 2.45) is 11.8 Å². The summed E-state index contributed by atoms with van der Waals surface area (Å²) in [6.07, 6.45) is 4.44. The van der Waals surface area contributed by atoms with Crippen molar-refractivity contribution in [3.05, 3.63) is 22.6 Å². The van der Waals surface area contributed by atoms with Crippen molar-refractivity contribution in [2.75, 3.05) is 18.0 Å². The molecule has 2 atom stereocenters. The first kappa shape index (κ1) is 16.0. The Hall–Kier alpha value is -1.36. The summed E-state index contributed by atoms with van der Waals surface area (Å²) in [6.45, 7) is 8.53. The standard InChI is InChI=1S/C16H27N3O2/c1-4-13(3)15(20)11-19-16(21)9-14(10-17-19)18-7-5-12(2)6-8-18/h9-10,12-13,15,20H,4-8,11H2,1-3H3. The summed E-state index contributed by atoms with van der Waals surface area (Å²) in [5.41, 5.74) is 0.773. The molecule has 118 valence electrons. The van der Waals surface area contributed by atoms with Gasteiger partial charge < -0.3 is 10.0 Å². The van der Waals surface area contributed by atoms with E-state index in [2.05, 4.69) is 16.9 Å². The minimum atomic E-state index is -0.526. The molecule has 1 fully saturated rings. The molecule has 0 amide bonds. The molecule has 0 aliphatic carbocycles. The lowest BCUT2D eigenvalue weighted by Crippen LogP contribution is -2.36. The summed E-state index contributed by atoms with van der Waals surface area (Å²) in [4.78, 5) is 14.4. The average Bonchev–Trinajstić information content (AvgIpc) is 2.49. The Kier molecular flexibility index (Phi) is 5.39. The Morgan fingerprint density at radius 2 is 2.10 bits per heavy atom. The smallest absolute Gasteiger partial charge is 0.268 e. The largest absolute Gasteiger partial charge is 0.391 e. The second kappa shape index (κ2) is 7.07. The van der Waals surface area contributed by atoms with Gasteiger partial charge in [0.15, 0.2) is 0 Å². The predicted octanol–water partition coefficient (Wildman–Crippen LogP) is 1.89. The fraction of sp³-hybridized carbons (Fsp3) is 0.750. The third-order valence-corrected chi connectivity index (χ3v) is 4.66. The van der Waals surface area contributed by atoms with E-state index in [0.717, 1.165) is 44.0 Å². The molecule has 5 heteroatoms. The van der Waals surface area contributed by atoms with Gasteiger partial charge in [-0.1, -0.05) is 27.2 Å². The predicted molar refractivity (Wildman–Crippen MR) is 84.6 cm³/mol. The highest BCUT2D eigenvalue weighted by atomic mass is 16.3. The monoisotopic (exact) mass is 293 g/mol. The van der Waals surface area contributed by atoms with Gasteiger partial charge in [-0.15, -0.1) is 0 Å². The van der Waals surface area contributed by atoms with Crippen LogP contribution in [0.5, 0.6) is 0 Å². The second-order valence-electron chi connectivity index (χ2n) is 6.36. The lowest BCUT2D eigenvalue weighted by molar-refractivity contribution is 0.0912. The van der Waals surface area contributed by atoms with Crippen molar-refractivity contribution in [2.45, 2.75) is 52.7 Å². The van der Waals surface area contributed by atoms with Crippen LogP contribution < -0.4 is 10.5 Å². The van der Waals surface area contributed by atoms with Crippen molar-refractivity contribution in [1.29, 1.82) is 0 Å².